The molecule has 3 N–H and O–H groups in total. The van der Waals surface area contributed by atoms with E-state index in [1.165, 1.54) is 0 Å². The summed E-state index contributed by atoms with van der Waals surface area (Å²) < 4.78 is 0. The van der Waals surface area contributed by atoms with Crippen LogP contribution in [0.15, 0.2) is 0 Å². The van der Waals surface area contributed by atoms with Crippen LogP contribution in [0.3, 0.4) is 0 Å². The van der Waals surface area contributed by atoms with Crippen LogP contribution in [0.4, 0.5) is 0 Å². The molecule has 0 spiro atoms. The average Bonchev–Trinajstić information content (AvgIpc) is 0. The van der Waals surface area contributed by atoms with E-state index >= 15 is 0 Å². The van der Waals surface area contributed by atoms with E-state index in [1.807, 2.05) is 0 Å². The van der Waals surface area contributed by atoms with Gasteiger partial charge in [0, 0.05) is 0 Å². The van der Waals surface area contributed by atoms with Crippen LogP contribution in [-0.2, 0) is 85.9 Å². The fraction of sp³-hybridized carbons (Fsp3) is 1.00. The van der Waals surface area contributed by atoms with E-state index in [9.17, 15) is 0 Å². The van der Waals surface area contributed by atoms with Crippen LogP contribution in [0, 0.1) is 0 Å². The molecule has 0 fully saturated rings. The van der Waals surface area contributed by atoms with Crippen LogP contribution >= 0.6 is 0 Å². The SMILES string of the molecule is C.C.C.C.C.C.C.C.C.C.C.C.C.C.C.O.[Cr+2].[Cr+3].[Cu+2].[Cu+].[Fe+3].[OH-].[Sn+2].[Sn+4]. The molecule has 169 valence electrons. The van der Waals surface area contributed by atoms with Gasteiger partial charge in [-0.2, -0.15) is 0 Å². The van der Waals surface area contributed by atoms with E-state index < -0.39 is 0 Å². The van der Waals surface area contributed by atoms with Gasteiger partial charge in [0.2, 0.25) is 0 Å². The van der Waals surface area contributed by atoms with Crippen molar-refractivity contribution >= 4 is 47.8 Å². The molecule has 0 atom stereocenters. The van der Waals surface area contributed by atoms with Gasteiger partial charge in [0.1, 0.15) is 0 Å². The van der Waals surface area contributed by atoms with Crippen molar-refractivity contribution in [2.75, 3.05) is 0 Å². The van der Waals surface area contributed by atoms with Gasteiger partial charge in [-0.1, -0.05) is 111 Å². The van der Waals surface area contributed by atoms with Crippen molar-refractivity contribution in [3.63, 3.8) is 0 Å². The molecule has 0 aliphatic heterocycles. The quantitative estimate of drug-likeness (QED) is 0.231. The summed E-state index contributed by atoms with van der Waals surface area (Å²) >= 11 is 0. The topological polar surface area (TPSA) is 61.5 Å². The third-order valence-corrected chi connectivity index (χ3v) is 0. The fourth-order valence-corrected chi connectivity index (χ4v) is 0. The van der Waals surface area contributed by atoms with Crippen LogP contribution in [0.25, 0.3) is 0 Å². The van der Waals surface area contributed by atoms with Crippen molar-refractivity contribution in [2.45, 2.75) is 111 Å². The summed E-state index contributed by atoms with van der Waals surface area (Å²) in [6, 6.07) is 0. The predicted octanol–water partition coefficient (Wildman–Crippen LogP) is 7.77. The van der Waals surface area contributed by atoms with Crippen molar-refractivity contribution in [3.05, 3.63) is 0 Å². The molecule has 2 nitrogen and oxygen atoms in total. The van der Waals surface area contributed by atoms with E-state index in [0.717, 1.165) is 0 Å². The van der Waals surface area contributed by atoms with Crippen molar-refractivity contribution in [2.24, 2.45) is 0 Å². The first-order valence-electron chi connectivity index (χ1n) is 0. The molecule has 5 radical (unpaired) electrons. The molecule has 0 rings (SSSR count). The van der Waals surface area contributed by atoms with Gasteiger partial charge in [0.25, 0.3) is 0 Å². The first-order valence-corrected chi connectivity index (χ1v) is 0. The molecular formula is C15H63Cr2Cu2FeO2Sn2+16. The molecule has 0 heterocycles. The minimum absolute atomic E-state index is 0. The van der Waals surface area contributed by atoms with Gasteiger partial charge in [-0.05, 0) is 0 Å². The van der Waals surface area contributed by atoms with Gasteiger partial charge in [0.05, 0.1) is 0 Å². The molecule has 0 aromatic carbocycles. The molecule has 0 saturated heterocycles. The Balaban J connectivity index is 0. The standard InChI is InChI=1S/15CH4.2Cr.2Cu.Fe.2H2O.2Sn/h15*1H4;;;;;;2*1H2;;/q;;;;;;;;;;;;;;;+2;+3;+1;+2;+3;;;+2;+4/p-1. The zero-order chi connectivity index (χ0) is 0. The third kappa shape index (κ3) is 964. The van der Waals surface area contributed by atoms with Crippen LogP contribution in [-0.4, -0.2) is 58.8 Å². The third-order valence-electron chi connectivity index (χ3n) is 0. The summed E-state index contributed by atoms with van der Waals surface area (Å²) in [5.41, 5.74) is 0. The van der Waals surface area contributed by atoms with Gasteiger partial charge in [-0.15, -0.1) is 0 Å². The second-order valence-corrected chi connectivity index (χ2v) is 0. The number of rotatable bonds is 0. The summed E-state index contributed by atoms with van der Waals surface area (Å²) in [6.45, 7) is 0. The van der Waals surface area contributed by atoms with E-state index in [-0.39, 0.29) is 256 Å². The molecule has 0 aromatic rings. The van der Waals surface area contributed by atoms with Crippen molar-refractivity contribution in [3.8, 4) is 0 Å². The molecule has 0 saturated carbocycles. The van der Waals surface area contributed by atoms with Crippen LogP contribution in [0.2, 0.25) is 0 Å². The second-order valence-electron chi connectivity index (χ2n) is 0. The molecule has 0 aliphatic carbocycles. The Morgan fingerprint density at radius 1 is 0.417 bits per heavy atom. The van der Waals surface area contributed by atoms with Crippen molar-refractivity contribution < 1.29 is 96.9 Å². The molecule has 24 heavy (non-hydrogen) atoms. The molecule has 0 aromatic heterocycles. The Bertz CT molecular complexity index is 43.4. The largest absolute Gasteiger partial charge is 4.00 e. The summed E-state index contributed by atoms with van der Waals surface area (Å²) in [6.07, 6.45) is 0. The van der Waals surface area contributed by atoms with Crippen LogP contribution < -0.4 is 0 Å². The van der Waals surface area contributed by atoms with E-state index in [4.69, 9.17) is 0 Å². The Morgan fingerprint density at radius 2 is 0.417 bits per heavy atom. The minimum Gasteiger partial charge on any atom is -0.870 e. The van der Waals surface area contributed by atoms with Gasteiger partial charge in [-0.3, -0.25) is 0 Å². The molecule has 0 aliphatic rings. The second kappa shape index (κ2) is 1080. The summed E-state index contributed by atoms with van der Waals surface area (Å²) in [5.74, 6) is 0. The predicted molar refractivity (Wildman–Crippen MR) is 118 cm³/mol. The van der Waals surface area contributed by atoms with Crippen LogP contribution in [0.1, 0.15) is 111 Å². The van der Waals surface area contributed by atoms with Gasteiger partial charge in [-0.25, -0.2) is 0 Å². The smallest absolute Gasteiger partial charge is 0.870 e. The Hall–Kier alpha value is 4.14. The Morgan fingerprint density at radius 3 is 0.417 bits per heavy atom. The first kappa shape index (κ1) is 1210. The van der Waals surface area contributed by atoms with Crippen LogP contribution in [0.5, 0.6) is 0 Å². The zero-order valence-electron chi connectivity index (χ0n) is 3.72. The van der Waals surface area contributed by atoms with Gasteiger partial charge >= 0.3 is 134 Å². The molecule has 0 bridgehead atoms. The summed E-state index contributed by atoms with van der Waals surface area (Å²) in [4.78, 5) is 0. The fourth-order valence-electron chi connectivity index (χ4n) is 0. The van der Waals surface area contributed by atoms with E-state index in [2.05, 4.69) is 0 Å². The number of hydrogen-bond donors (Lipinski definition) is 0. The molecule has 0 unspecified atom stereocenters. The van der Waals surface area contributed by atoms with Crippen molar-refractivity contribution in [1.82, 2.24) is 0 Å². The maximum Gasteiger partial charge on any atom is 4.00 e. The van der Waals surface area contributed by atoms with Crippen molar-refractivity contribution in [1.29, 1.82) is 0 Å². The van der Waals surface area contributed by atoms with Gasteiger partial charge < -0.3 is 11.0 Å². The Kier molecular flexibility index (Phi) is 54500. The first-order chi connectivity index (χ1) is 0. The van der Waals surface area contributed by atoms with Gasteiger partial charge in [0.15, 0.2) is 0 Å². The van der Waals surface area contributed by atoms with E-state index in [1.54, 1.807) is 0 Å². The normalized spacial score (nSPS) is 0. The molecule has 0 amide bonds. The summed E-state index contributed by atoms with van der Waals surface area (Å²) in [7, 11) is 0. The molecule has 9 heteroatoms. The number of hydrogen-bond acceptors (Lipinski definition) is 1. The maximum absolute atomic E-state index is 0. The Labute approximate surface area is 253 Å². The average molecular weight is 800 g/mol. The zero-order valence-corrected chi connectivity index (χ0v) is 15.0. The summed E-state index contributed by atoms with van der Waals surface area (Å²) in [5, 5.41) is 0. The maximum atomic E-state index is 0. The molecular weight excluding hydrogens is 737 g/mol. The van der Waals surface area contributed by atoms with E-state index in [0.29, 0.717) is 0 Å². The minimum atomic E-state index is 0. The monoisotopic (exact) mass is 801 g/mol.